The summed E-state index contributed by atoms with van der Waals surface area (Å²) in [5, 5.41) is 5.48. The lowest BCUT2D eigenvalue weighted by Crippen LogP contribution is -2.43. The van der Waals surface area contributed by atoms with Crippen molar-refractivity contribution in [2.75, 3.05) is 13.1 Å². The molecule has 16 heavy (non-hydrogen) atoms. The van der Waals surface area contributed by atoms with Gasteiger partial charge in [-0.15, -0.1) is 0 Å². The third kappa shape index (κ3) is 4.61. The van der Waals surface area contributed by atoms with Gasteiger partial charge in [0.2, 0.25) is 11.8 Å². The van der Waals surface area contributed by atoms with Crippen LogP contribution < -0.4 is 16.4 Å². The van der Waals surface area contributed by atoms with Gasteiger partial charge in [0.15, 0.2) is 0 Å². The van der Waals surface area contributed by atoms with E-state index >= 15 is 0 Å². The van der Waals surface area contributed by atoms with Crippen LogP contribution in [0.3, 0.4) is 0 Å². The summed E-state index contributed by atoms with van der Waals surface area (Å²) in [6.45, 7) is 2.93. The van der Waals surface area contributed by atoms with Crippen molar-refractivity contribution in [3.05, 3.63) is 0 Å². The van der Waals surface area contributed by atoms with Crippen molar-refractivity contribution >= 4 is 11.8 Å². The molecule has 1 rings (SSSR count). The van der Waals surface area contributed by atoms with E-state index < -0.39 is 6.04 Å². The van der Waals surface area contributed by atoms with Crippen molar-refractivity contribution in [2.24, 2.45) is 11.7 Å². The van der Waals surface area contributed by atoms with E-state index in [-0.39, 0.29) is 17.7 Å². The first kappa shape index (κ1) is 13.0. The predicted octanol–water partition coefficient (Wildman–Crippen LogP) is -0.244. The Balaban J connectivity index is 2.01. The maximum absolute atomic E-state index is 11.4. The Kier molecular flexibility index (Phi) is 5.25. The Morgan fingerprint density at radius 2 is 1.94 bits per heavy atom. The molecule has 0 aromatic carbocycles. The Morgan fingerprint density at radius 3 is 2.50 bits per heavy atom. The summed E-state index contributed by atoms with van der Waals surface area (Å²) in [5.41, 5.74) is 5.63. The minimum atomic E-state index is -0.427. The van der Waals surface area contributed by atoms with E-state index in [0.29, 0.717) is 19.5 Å². The Labute approximate surface area is 96.1 Å². The Bertz CT molecular complexity index is 252. The molecule has 0 aromatic heterocycles. The molecule has 5 heteroatoms. The highest BCUT2D eigenvalue weighted by Crippen LogP contribution is 2.28. The van der Waals surface area contributed by atoms with Crippen LogP contribution in [0.2, 0.25) is 0 Å². The minimum absolute atomic E-state index is 0.104. The molecule has 92 valence electrons. The number of amides is 2. The summed E-state index contributed by atoms with van der Waals surface area (Å²) in [6, 6.07) is -0.427. The van der Waals surface area contributed by atoms with Crippen LogP contribution in [-0.2, 0) is 9.59 Å². The minimum Gasteiger partial charge on any atom is -0.354 e. The van der Waals surface area contributed by atoms with Crippen LogP contribution in [0.4, 0.5) is 0 Å². The SMILES string of the molecule is CCCC(N)C(=O)NCCNC(=O)C1CC1. The third-order valence-electron chi connectivity index (χ3n) is 2.61. The predicted molar refractivity (Wildman–Crippen MR) is 61.6 cm³/mol. The fourth-order valence-electron chi connectivity index (χ4n) is 1.43. The van der Waals surface area contributed by atoms with Crippen LogP contribution in [0.5, 0.6) is 0 Å². The van der Waals surface area contributed by atoms with Crippen LogP contribution in [0.25, 0.3) is 0 Å². The molecular weight excluding hydrogens is 206 g/mol. The average molecular weight is 227 g/mol. The van der Waals surface area contributed by atoms with Crippen molar-refractivity contribution < 1.29 is 9.59 Å². The lowest BCUT2D eigenvalue weighted by Gasteiger charge is -2.11. The standard InChI is InChI=1S/C11H21N3O2/c1-2-3-9(12)11(16)14-7-6-13-10(15)8-4-5-8/h8-9H,2-7,12H2,1H3,(H,13,15)(H,14,16). The molecule has 1 aliphatic carbocycles. The summed E-state index contributed by atoms with van der Waals surface area (Å²) < 4.78 is 0. The van der Waals surface area contributed by atoms with E-state index in [1.54, 1.807) is 0 Å². The molecule has 0 bridgehead atoms. The van der Waals surface area contributed by atoms with Crippen molar-refractivity contribution in [2.45, 2.75) is 38.6 Å². The molecule has 1 fully saturated rings. The normalized spacial score (nSPS) is 16.6. The molecule has 5 nitrogen and oxygen atoms in total. The Hall–Kier alpha value is -1.10. The van der Waals surface area contributed by atoms with Crippen molar-refractivity contribution in [3.63, 3.8) is 0 Å². The molecule has 0 spiro atoms. The summed E-state index contributed by atoms with van der Waals surface area (Å²) in [5.74, 6) is 0.188. The molecule has 1 unspecified atom stereocenters. The quantitative estimate of drug-likeness (QED) is 0.525. The van der Waals surface area contributed by atoms with Crippen molar-refractivity contribution in [1.29, 1.82) is 0 Å². The number of hydrogen-bond acceptors (Lipinski definition) is 3. The fourth-order valence-corrected chi connectivity index (χ4v) is 1.43. The molecule has 1 aliphatic rings. The van der Waals surface area contributed by atoms with E-state index in [0.717, 1.165) is 19.3 Å². The summed E-state index contributed by atoms with van der Waals surface area (Å²) in [6.07, 6.45) is 3.59. The van der Waals surface area contributed by atoms with Gasteiger partial charge in [0.1, 0.15) is 0 Å². The maximum Gasteiger partial charge on any atom is 0.236 e. The van der Waals surface area contributed by atoms with Gasteiger partial charge in [-0.2, -0.15) is 0 Å². The van der Waals surface area contributed by atoms with Gasteiger partial charge < -0.3 is 16.4 Å². The molecule has 2 amide bonds. The number of nitrogens with one attached hydrogen (secondary N) is 2. The first-order valence-electron chi connectivity index (χ1n) is 5.96. The lowest BCUT2D eigenvalue weighted by atomic mass is 10.2. The summed E-state index contributed by atoms with van der Waals surface area (Å²) in [4.78, 5) is 22.6. The second-order valence-corrected chi connectivity index (χ2v) is 4.25. The van der Waals surface area contributed by atoms with Crippen molar-refractivity contribution in [3.8, 4) is 0 Å². The van der Waals surface area contributed by atoms with Gasteiger partial charge in [0.25, 0.3) is 0 Å². The van der Waals surface area contributed by atoms with Gasteiger partial charge in [-0.25, -0.2) is 0 Å². The zero-order valence-corrected chi connectivity index (χ0v) is 9.79. The second kappa shape index (κ2) is 6.48. The van der Waals surface area contributed by atoms with E-state index in [2.05, 4.69) is 10.6 Å². The Morgan fingerprint density at radius 1 is 1.31 bits per heavy atom. The van der Waals surface area contributed by atoms with Crippen LogP contribution in [-0.4, -0.2) is 30.9 Å². The molecule has 0 aliphatic heterocycles. The number of rotatable bonds is 7. The first-order chi connectivity index (χ1) is 7.65. The lowest BCUT2D eigenvalue weighted by molar-refractivity contribution is -0.124. The molecule has 1 saturated carbocycles. The highest BCUT2D eigenvalue weighted by atomic mass is 16.2. The summed E-state index contributed by atoms with van der Waals surface area (Å²) in [7, 11) is 0. The molecule has 0 aromatic rings. The van der Waals surface area contributed by atoms with Crippen molar-refractivity contribution in [1.82, 2.24) is 10.6 Å². The molecule has 0 radical (unpaired) electrons. The van der Waals surface area contributed by atoms with Gasteiger partial charge in [0.05, 0.1) is 6.04 Å². The van der Waals surface area contributed by atoms with Gasteiger partial charge >= 0.3 is 0 Å². The molecule has 1 atom stereocenters. The van der Waals surface area contributed by atoms with Crippen LogP contribution >= 0.6 is 0 Å². The van der Waals surface area contributed by atoms with Crippen LogP contribution in [0, 0.1) is 5.92 Å². The molecule has 0 heterocycles. The van der Waals surface area contributed by atoms with Gasteiger partial charge in [-0.1, -0.05) is 13.3 Å². The highest BCUT2D eigenvalue weighted by molar-refractivity contribution is 5.82. The fraction of sp³-hybridized carbons (Fsp3) is 0.818. The van der Waals surface area contributed by atoms with E-state index in [4.69, 9.17) is 5.73 Å². The molecule has 4 N–H and O–H groups in total. The van der Waals surface area contributed by atoms with E-state index in [9.17, 15) is 9.59 Å². The largest absolute Gasteiger partial charge is 0.354 e. The third-order valence-corrected chi connectivity index (χ3v) is 2.61. The average Bonchev–Trinajstić information content (AvgIpc) is 3.07. The van der Waals surface area contributed by atoms with E-state index in [1.165, 1.54) is 0 Å². The maximum atomic E-state index is 11.4. The van der Waals surface area contributed by atoms with Gasteiger partial charge in [-0.05, 0) is 19.3 Å². The van der Waals surface area contributed by atoms with Crippen LogP contribution in [0.15, 0.2) is 0 Å². The monoisotopic (exact) mass is 227 g/mol. The number of hydrogen-bond donors (Lipinski definition) is 3. The van der Waals surface area contributed by atoms with Gasteiger partial charge in [-0.3, -0.25) is 9.59 Å². The smallest absolute Gasteiger partial charge is 0.236 e. The zero-order valence-electron chi connectivity index (χ0n) is 9.79. The number of nitrogens with two attached hydrogens (primary N) is 1. The summed E-state index contributed by atoms with van der Waals surface area (Å²) >= 11 is 0. The number of carbonyl (C=O) groups excluding carboxylic acids is 2. The van der Waals surface area contributed by atoms with Crippen LogP contribution in [0.1, 0.15) is 32.6 Å². The molecular formula is C11H21N3O2. The van der Waals surface area contributed by atoms with E-state index in [1.807, 2.05) is 6.92 Å². The molecule has 0 saturated heterocycles. The first-order valence-corrected chi connectivity index (χ1v) is 5.96. The van der Waals surface area contributed by atoms with Gasteiger partial charge in [0, 0.05) is 19.0 Å². The topological polar surface area (TPSA) is 84.2 Å². The second-order valence-electron chi connectivity index (χ2n) is 4.25. The highest BCUT2D eigenvalue weighted by Gasteiger charge is 2.28. The zero-order chi connectivity index (χ0) is 12.0. The number of carbonyl (C=O) groups is 2.